The average molecular weight is 306 g/mol. The Morgan fingerprint density at radius 2 is 1.91 bits per heavy atom. The molecule has 0 fully saturated rings. The molecule has 22 heavy (non-hydrogen) atoms. The van der Waals surface area contributed by atoms with Gasteiger partial charge in [-0.3, -0.25) is 4.79 Å². The number of hydrogen-bond donors (Lipinski definition) is 2. The van der Waals surface area contributed by atoms with Crippen LogP contribution in [0.5, 0.6) is 0 Å². The van der Waals surface area contributed by atoms with Gasteiger partial charge in [-0.2, -0.15) is 0 Å². The lowest BCUT2D eigenvalue weighted by molar-refractivity contribution is -0.117. The van der Waals surface area contributed by atoms with Crippen molar-refractivity contribution in [3.8, 4) is 0 Å². The first-order valence-corrected chi connectivity index (χ1v) is 7.53. The summed E-state index contributed by atoms with van der Waals surface area (Å²) in [6, 6.07) is 5.21. The van der Waals surface area contributed by atoms with Gasteiger partial charge in [0.05, 0.1) is 0 Å². The Morgan fingerprint density at radius 1 is 1.27 bits per heavy atom. The Labute approximate surface area is 132 Å². The van der Waals surface area contributed by atoms with Gasteiger partial charge in [0.15, 0.2) is 0 Å². The molecule has 0 bridgehead atoms. The van der Waals surface area contributed by atoms with Gasteiger partial charge in [-0.05, 0) is 52.2 Å². The third kappa shape index (κ3) is 5.39. The van der Waals surface area contributed by atoms with Gasteiger partial charge in [-0.25, -0.2) is 4.79 Å². The topological polar surface area (TPSA) is 67.4 Å². The fourth-order valence-electron chi connectivity index (χ4n) is 1.98. The summed E-state index contributed by atoms with van der Waals surface area (Å²) >= 11 is 0. The van der Waals surface area contributed by atoms with Gasteiger partial charge in [-0.1, -0.05) is 25.1 Å². The molecule has 0 radical (unpaired) electrons. The van der Waals surface area contributed by atoms with Crippen molar-refractivity contribution in [1.82, 2.24) is 5.32 Å². The first kappa shape index (κ1) is 18.0. The van der Waals surface area contributed by atoms with Crippen LogP contribution >= 0.6 is 0 Å². The minimum atomic E-state index is -0.681. The van der Waals surface area contributed by atoms with E-state index in [0.29, 0.717) is 0 Å². The number of aryl methyl sites for hydroxylation is 2. The van der Waals surface area contributed by atoms with E-state index in [-0.39, 0.29) is 5.91 Å². The molecule has 2 amide bonds. The number of carbonyl (C=O) groups is 2. The molecule has 1 aromatic carbocycles. The largest absolute Gasteiger partial charge is 0.444 e. The van der Waals surface area contributed by atoms with E-state index in [1.807, 2.05) is 32.0 Å². The van der Waals surface area contributed by atoms with Crippen molar-refractivity contribution in [2.75, 3.05) is 5.32 Å². The highest BCUT2D eigenvalue weighted by atomic mass is 16.6. The number of rotatable bonds is 4. The number of para-hydroxylation sites is 1. The van der Waals surface area contributed by atoms with Gasteiger partial charge >= 0.3 is 6.09 Å². The number of ether oxygens (including phenoxy) is 1. The van der Waals surface area contributed by atoms with E-state index < -0.39 is 17.7 Å². The molecule has 5 nitrogen and oxygen atoms in total. The lowest BCUT2D eigenvalue weighted by Gasteiger charge is -2.22. The zero-order valence-electron chi connectivity index (χ0n) is 14.2. The zero-order chi connectivity index (χ0) is 16.9. The lowest BCUT2D eigenvalue weighted by atomic mass is 10.1. The second-order valence-electron chi connectivity index (χ2n) is 6.32. The Kier molecular flexibility index (Phi) is 5.97. The lowest BCUT2D eigenvalue weighted by Crippen LogP contribution is -2.44. The monoisotopic (exact) mass is 306 g/mol. The van der Waals surface area contributed by atoms with E-state index in [0.717, 1.165) is 23.2 Å². The van der Waals surface area contributed by atoms with Crippen molar-refractivity contribution >= 4 is 17.7 Å². The summed E-state index contributed by atoms with van der Waals surface area (Å²) in [5.74, 6) is -0.269. The van der Waals surface area contributed by atoms with Crippen molar-refractivity contribution in [3.05, 3.63) is 29.3 Å². The summed E-state index contributed by atoms with van der Waals surface area (Å²) in [6.07, 6.45) is 0.223. The van der Waals surface area contributed by atoms with Crippen LogP contribution in [0, 0.1) is 6.92 Å². The Bertz CT molecular complexity index is 547. The molecule has 1 aromatic rings. The Morgan fingerprint density at radius 3 is 2.45 bits per heavy atom. The highest BCUT2D eigenvalue weighted by molar-refractivity contribution is 5.97. The summed E-state index contributed by atoms with van der Waals surface area (Å²) in [6.45, 7) is 10.9. The maximum Gasteiger partial charge on any atom is 0.408 e. The normalized spacial score (nSPS) is 12.5. The highest BCUT2D eigenvalue weighted by Gasteiger charge is 2.21. The fourth-order valence-corrected chi connectivity index (χ4v) is 1.98. The molecule has 0 aliphatic carbocycles. The molecule has 122 valence electrons. The molecule has 0 aromatic heterocycles. The van der Waals surface area contributed by atoms with Crippen molar-refractivity contribution in [2.45, 2.75) is 59.6 Å². The SMILES string of the molecule is CCc1cccc(C)c1NC(=O)C(C)NC(=O)OC(C)(C)C. The number of alkyl carbamates (subject to hydrolysis) is 1. The van der Waals surface area contributed by atoms with E-state index in [2.05, 4.69) is 10.6 Å². The van der Waals surface area contributed by atoms with Gasteiger partial charge in [0.25, 0.3) is 0 Å². The zero-order valence-corrected chi connectivity index (χ0v) is 14.2. The molecule has 0 aliphatic rings. The Balaban J connectivity index is 2.71. The van der Waals surface area contributed by atoms with Gasteiger partial charge in [0.1, 0.15) is 11.6 Å². The van der Waals surface area contributed by atoms with Gasteiger partial charge in [-0.15, -0.1) is 0 Å². The number of benzene rings is 1. The number of nitrogens with one attached hydrogen (secondary N) is 2. The molecule has 1 atom stereocenters. The molecule has 5 heteroatoms. The van der Waals surface area contributed by atoms with Crippen LogP contribution in [0.2, 0.25) is 0 Å². The first-order valence-electron chi connectivity index (χ1n) is 7.53. The molecule has 2 N–H and O–H groups in total. The van der Waals surface area contributed by atoms with E-state index in [4.69, 9.17) is 4.74 Å². The summed E-state index contributed by atoms with van der Waals surface area (Å²) in [7, 11) is 0. The van der Waals surface area contributed by atoms with Crippen molar-refractivity contribution in [1.29, 1.82) is 0 Å². The van der Waals surface area contributed by atoms with Crippen molar-refractivity contribution in [3.63, 3.8) is 0 Å². The number of amides is 2. The Hall–Kier alpha value is -2.04. The molecule has 0 aliphatic heterocycles. The fraction of sp³-hybridized carbons (Fsp3) is 0.529. The number of carbonyl (C=O) groups excluding carboxylic acids is 2. The van der Waals surface area contributed by atoms with Crippen molar-refractivity contribution < 1.29 is 14.3 Å². The molecular formula is C17H26N2O3. The molecule has 1 unspecified atom stereocenters. The summed E-state index contributed by atoms with van der Waals surface area (Å²) in [5.41, 5.74) is 2.29. The van der Waals surface area contributed by atoms with Crippen LogP contribution in [0.25, 0.3) is 0 Å². The maximum absolute atomic E-state index is 12.3. The minimum Gasteiger partial charge on any atom is -0.444 e. The maximum atomic E-state index is 12.3. The van der Waals surface area contributed by atoms with Crippen molar-refractivity contribution in [2.24, 2.45) is 0 Å². The highest BCUT2D eigenvalue weighted by Crippen LogP contribution is 2.21. The molecular weight excluding hydrogens is 280 g/mol. The summed E-state index contributed by atoms with van der Waals surface area (Å²) in [4.78, 5) is 24.0. The van der Waals surface area contributed by atoms with Gasteiger partial charge < -0.3 is 15.4 Å². The molecule has 0 saturated carbocycles. The van der Waals surface area contributed by atoms with Gasteiger partial charge in [0, 0.05) is 5.69 Å². The van der Waals surface area contributed by atoms with Crippen LogP contribution < -0.4 is 10.6 Å². The standard InChI is InChI=1S/C17H26N2O3/c1-7-13-10-8-9-11(2)14(13)19-15(20)12(3)18-16(21)22-17(4,5)6/h8-10,12H,7H2,1-6H3,(H,18,21)(H,19,20). The van der Waals surface area contributed by atoms with E-state index in [9.17, 15) is 9.59 Å². The van der Waals surface area contributed by atoms with Crippen LogP contribution in [-0.2, 0) is 16.0 Å². The van der Waals surface area contributed by atoms with Crippen LogP contribution in [-0.4, -0.2) is 23.6 Å². The van der Waals surface area contributed by atoms with E-state index >= 15 is 0 Å². The second-order valence-corrected chi connectivity index (χ2v) is 6.32. The summed E-state index contributed by atoms with van der Waals surface area (Å²) in [5, 5.41) is 5.43. The van der Waals surface area contributed by atoms with E-state index in [1.165, 1.54) is 0 Å². The third-order valence-electron chi connectivity index (χ3n) is 3.11. The molecule has 0 heterocycles. The van der Waals surface area contributed by atoms with E-state index in [1.54, 1.807) is 27.7 Å². The molecule has 1 rings (SSSR count). The smallest absolute Gasteiger partial charge is 0.408 e. The predicted octanol–water partition coefficient (Wildman–Crippen LogP) is 3.41. The molecule has 0 spiro atoms. The summed E-state index contributed by atoms with van der Waals surface area (Å²) < 4.78 is 5.15. The predicted molar refractivity (Wildman–Crippen MR) is 88.0 cm³/mol. The van der Waals surface area contributed by atoms with Crippen LogP contribution in [0.15, 0.2) is 18.2 Å². The van der Waals surface area contributed by atoms with Crippen LogP contribution in [0.3, 0.4) is 0 Å². The average Bonchev–Trinajstić information content (AvgIpc) is 2.38. The minimum absolute atomic E-state index is 0.269. The second kappa shape index (κ2) is 7.29. The van der Waals surface area contributed by atoms with Crippen LogP contribution in [0.4, 0.5) is 10.5 Å². The number of anilines is 1. The molecule has 0 saturated heterocycles. The first-order chi connectivity index (χ1) is 10.1. The van der Waals surface area contributed by atoms with Gasteiger partial charge in [0.2, 0.25) is 5.91 Å². The number of hydrogen-bond acceptors (Lipinski definition) is 3. The third-order valence-corrected chi connectivity index (χ3v) is 3.11. The quantitative estimate of drug-likeness (QED) is 0.895. The van der Waals surface area contributed by atoms with Crippen LogP contribution in [0.1, 0.15) is 45.7 Å².